The van der Waals surface area contributed by atoms with Gasteiger partial charge in [-0.15, -0.1) is 0 Å². The number of nitrogens with zero attached hydrogens (tertiary/aromatic N) is 3. The number of aromatic nitrogens is 2. The van der Waals surface area contributed by atoms with Crippen molar-refractivity contribution < 1.29 is 17.9 Å². The third-order valence-corrected chi connectivity index (χ3v) is 7.08. The molecule has 0 saturated carbocycles. The van der Waals surface area contributed by atoms with Crippen molar-refractivity contribution >= 4 is 15.9 Å². The lowest BCUT2D eigenvalue weighted by atomic mass is 9.97. The monoisotopic (exact) mass is 420 g/mol. The molecule has 1 fully saturated rings. The summed E-state index contributed by atoms with van der Waals surface area (Å²) >= 11 is 0. The summed E-state index contributed by atoms with van der Waals surface area (Å²) in [5, 5.41) is 2.95. The maximum atomic E-state index is 12.8. The van der Waals surface area contributed by atoms with Crippen LogP contribution in [0.2, 0.25) is 0 Å². The Hall–Kier alpha value is -2.39. The molecular weight excluding hydrogens is 392 g/mol. The van der Waals surface area contributed by atoms with Crippen molar-refractivity contribution in [2.45, 2.75) is 31.1 Å². The molecule has 0 aliphatic carbocycles. The van der Waals surface area contributed by atoms with Crippen molar-refractivity contribution in [3.05, 3.63) is 42.5 Å². The van der Waals surface area contributed by atoms with Crippen LogP contribution in [0, 0.1) is 5.92 Å². The predicted molar refractivity (Wildman–Crippen MR) is 109 cm³/mol. The molecule has 3 rings (SSSR count). The summed E-state index contributed by atoms with van der Waals surface area (Å²) in [5.74, 6) is 1.38. The lowest BCUT2D eigenvalue weighted by Crippen LogP contribution is -2.43. The highest BCUT2D eigenvalue weighted by molar-refractivity contribution is 7.89. The Morgan fingerprint density at radius 2 is 1.93 bits per heavy atom. The fourth-order valence-corrected chi connectivity index (χ4v) is 4.93. The van der Waals surface area contributed by atoms with Crippen LogP contribution in [-0.4, -0.2) is 54.4 Å². The van der Waals surface area contributed by atoms with Gasteiger partial charge in [-0.1, -0.05) is 0 Å². The first-order valence-electron chi connectivity index (χ1n) is 9.88. The molecule has 1 aromatic carbocycles. The van der Waals surface area contributed by atoms with Gasteiger partial charge in [0.1, 0.15) is 11.6 Å². The molecule has 8 nitrogen and oxygen atoms in total. The van der Waals surface area contributed by atoms with Crippen LogP contribution < -0.4 is 10.1 Å². The second-order valence-electron chi connectivity index (χ2n) is 7.08. The molecule has 1 N–H and O–H groups in total. The molecule has 0 spiro atoms. The minimum absolute atomic E-state index is 0.0164. The Bertz CT molecular complexity index is 916. The third-order valence-electron chi connectivity index (χ3n) is 5.17. The molecule has 2 aromatic rings. The standard InChI is InChI=1S/C20H28N4O4S/c1-3-28-17-4-6-18(7-5-17)29(26,27)24-13-9-16(10-14-24)20(25)22-11-8-19-21-12-15-23(19)2/h4-7,12,15-16H,3,8-11,13-14H2,1-2H3,(H,22,25). The smallest absolute Gasteiger partial charge is 0.243 e. The summed E-state index contributed by atoms with van der Waals surface area (Å²) in [4.78, 5) is 16.9. The Morgan fingerprint density at radius 3 is 2.52 bits per heavy atom. The average molecular weight is 421 g/mol. The number of hydrogen-bond acceptors (Lipinski definition) is 5. The molecule has 1 saturated heterocycles. The van der Waals surface area contributed by atoms with Crippen LogP contribution in [0.3, 0.4) is 0 Å². The first-order chi connectivity index (χ1) is 13.9. The van der Waals surface area contributed by atoms with E-state index >= 15 is 0 Å². The minimum atomic E-state index is -3.56. The van der Waals surface area contributed by atoms with Crippen molar-refractivity contribution in [1.82, 2.24) is 19.2 Å². The van der Waals surface area contributed by atoms with Gasteiger partial charge in [0.15, 0.2) is 0 Å². The quantitative estimate of drug-likeness (QED) is 0.700. The molecule has 1 aliphatic heterocycles. The first-order valence-corrected chi connectivity index (χ1v) is 11.3. The van der Waals surface area contributed by atoms with Gasteiger partial charge in [-0.2, -0.15) is 4.31 Å². The highest BCUT2D eigenvalue weighted by Gasteiger charge is 2.32. The van der Waals surface area contributed by atoms with Crippen molar-refractivity contribution in [3.63, 3.8) is 0 Å². The van der Waals surface area contributed by atoms with Gasteiger partial charge in [-0.3, -0.25) is 4.79 Å². The van der Waals surface area contributed by atoms with Gasteiger partial charge in [0, 0.05) is 51.4 Å². The number of imidazole rings is 1. The Labute approximate surface area is 171 Å². The largest absolute Gasteiger partial charge is 0.494 e. The molecule has 0 unspecified atom stereocenters. The van der Waals surface area contributed by atoms with Crippen LogP contribution in [0.15, 0.2) is 41.6 Å². The zero-order valence-corrected chi connectivity index (χ0v) is 17.7. The van der Waals surface area contributed by atoms with E-state index in [9.17, 15) is 13.2 Å². The fraction of sp³-hybridized carbons (Fsp3) is 0.500. The number of rotatable bonds is 8. The van der Waals surface area contributed by atoms with E-state index in [2.05, 4.69) is 10.3 Å². The Balaban J connectivity index is 1.49. The maximum absolute atomic E-state index is 12.8. The van der Waals surface area contributed by atoms with Crippen molar-refractivity contribution in [3.8, 4) is 5.75 Å². The molecule has 1 aromatic heterocycles. The second kappa shape index (κ2) is 9.41. The van der Waals surface area contributed by atoms with Gasteiger partial charge < -0.3 is 14.6 Å². The molecule has 0 radical (unpaired) electrons. The average Bonchev–Trinajstić information content (AvgIpc) is 3.13. The van der Waals surface area contributed by atoms with E-state index in [0.717, 1.165) is 5.82 Å². The number of carbonyl (C=O) groups is 1. The Morgan fingerprint density at radius 1 is 1.24 bits per heavy atom. The molecule has 29 heavy (non-hydrogen) atoms. The zero-order chi connectivity index (χ0) is 20.9. The molecule has 1 amide bonds. The maximum Gasteiger partial charge on any atom is 0.243 e. The molecule has 2 heterocycles. The minimum Gasteiger partial charge on any atom is -0.494 e. The second-order valence-corrected chi connectivity index (χ2v) is 9.02. The van der Waals surface area contributed by atoms with E-state index in [1.165, 1.54) is 4.31 Å². The summed E-state index contributed by atoms with van der Waals surface area (Å²) in [7, 11) is -1.64. The van der Waals surface area contributed by atoms with Crippen molar-refractivity contribution in [1.29, 1.82) is 0 Å². The number of aryl methyl sites for hydroxylation is 1. The van der Waals surface area contributed by atoms with Gasteiger partial charge in [-0.25, -0.2) is 13.4 Å². The van der Waals surface area contributed by atoms with Crippen molar-refractivity contribution in [2.24, 2.45) is 13.0 Å². The number of ether oxygens (including phenoxy) is 1. The number of sulfonamides is 1. The predicted octanol–water partition coefficient (Wildman–Crippen LogP) is 1.58. The number of piperidine rings is 1. The van der Waals surface area contributed by atoms with E-state index in [1.54, 1.807) is 30.5 Å². The SMILES string of the molecule is CCOc1ccc(S(=O)(=O)N2CCC(C(=O)NCCc3nccn3C)CC2)cc1. The number of nitrogens with one attached hydrogen (secondary N) is 1. The van der Waals surface area contributed by atoms with Crippen LogP contribution in [0.25, 0.3) is 0 Å². The normalized spacial score (nSPS) is 15.9. The molecule has 1 aliphatic rings. The molecular formula is C20H28N4O4S. The fourth-order valence-electron chi connectivity index (χ4n) is 3.46. The lowest BCUT2D eigenvalue weighted by Gasteiger charge is -2.30. The summed E-state index contributed by atoms with van der Waals surface area (Å²) in [5.41, 5.74) is 0. The van der Waals surface area contributed by atoms with Gasteiger partial charge in [0.25, 0.3) is 0 Å². The van der Waals surface area contributed by atoms with Crippen LogP contribution in [0.1, 0.15) is 25.6 Å². The van der Waals surface area contributed by atoms with Gasteiger partial charge >= 0.3 is 0 Å². The number of hydrogen-bond donors (Lipinski definition) is 1. The highest BCUT2D eigenvalue weighted by Crippen LogP contribution is 2.25. The number of benzene rings is 1. The van der Waals surface area contributed by atoms with Crippen LogP contribution >= 0.6 is 0 Å². The summed E-state index contributed by atoms with van der Waals surface area (Å²) < 4.78 is 34.4. The summed E-state index contributed by atoms with van der Waals surface area (Å²) in [6, 6.07) is 6.46. The summed E-state index contributed by atoms with van der Waals surface area (Å²) in [6.07, 6.45) is 5.31. The lowest BCUT2D eigenvalue weighted by molar-refractivity contribution is -0.126. The van der Waals surface area contributed by atoms with E-state index in [1.807, 2.05) is 24.7 Å². The van der Waals surface area contributed by atoms with E-state index in [-0.39, 0.29) is 16.7 Å². The molecule has 9 heteroatoms. The van der Waals surface area contributed by atoms with E-state index in [4.69, 9.17) is 4.74 Å². The van der Waals surface area contributed by atoms with Crippen molar-refractivity contribution in [2.75, 3.05) is 26.2 Å². The van der Waals surface area contributed by atoms with Crippen LogP contribution in [-0.2, 0) is 28.3 Å². The summed E-state index contributed by atoms with van der Waals surface area (Å²) in [6.45, 7) is 3.61. The first kappa shape index (κ1) is 21.3. The molecule has 0 atom stereocenters. The zero-order valence-electron chi connectivity index (χ0n) is 16.9. The van der Waals surface area contributed by atoms with E-state index < -0.39 is 10.0 Å². The van der Waals surface area contributed by atoms with Gasteiger partial charge in [0.05, 0.1) is 11.5 Å². The number of amides is 1. The third kappa shape index (κ3) is 5.16. The van der Waals surface area contributed by atoms with Crippen LogP contribution in [0.5, 0.6) is 5.75 Å². The van der Waals surface area contributed by atoms with Crippen LogP contribution in [0.4, 0.5) is 0 Å². The van der Waals surface area contributed by atoms with Gasteiger partial charge in [-0.05, 0) is 44.0 Å². The highest BCUT2D eigenvalue weighted by atomic mass is 32.2. The Kier molecular flexibility index (Phi) is 6.92. The molecule has 0 bridgehead atoms. The topological polar surface area (TPSA) is 93.5 Å². The number of carbonyl (C=O) groups excluding carboxylic acids is 1. The molecule has 158 valence electrons. The van der Waals surface area contributed by atoms with Gasteiger partial charge in [0.2, 0.25) is 15.9 Å². The van der Waals surface area contributed by atoms with E-state index in [0.29, 0.717) is 51.3 Å².